The van der Waals surface area contributed by atoms with Crippen LogP contribution in [-0.4, -0.2) is 53.6 Å². The Hall–Kier alpha value is -1.62. The van der Waals surface area contributed by atoms with Gasteiger partial charge in [-0.15, -0.1) is 0 Å². The fraction of sp³-hybridized carbons (Fsp3) is 0.667. The Kier molecular flexibility index (Phi) is 5.86. The van der Waals surface area contributed by atoms with Crippen LogP contribution in [0.15, 0.2) is 24.4 Å². The minimum absolute atomic E-state index is 0.458. The van der Waals surface area contributed by atoms with Gasteiger partial charge in [-0.05, 0) is 32.3 Å². The summed E-state index contributed by atoms with van der Waals surface area (Å²) in [5.41, 5.74) is 0. The fourth-order valence-electron chi connectivity index (χ4n) is 3.45. The number of allylic oxidation sites excluding steroid dienone is 1. The fourth-order valence-corrected chi connectivity index (χ4v) is 3.45. The molecule has 0 aromatic carbocycles. The molecule has 1 aromatic rings. The highest BCUT2D eigenvalue weighted by Crippen LogP contribution is 2.19. The van der Waals surface area contributed by atoms with Crippen LogP contribution >= 0.6 is 0 Å². The lowest BCUT2D eigenvalue weighted by atomic mass is 10.2. The third-order valence-corrected chi connectivity index (χ3v) is 4.78. The minimum atomic E-state index is 0.458. The molecule has 5 nitrogen and oxygen atoms in total. The minimum Gasteiger partial charge on any atom is -0.356 e. The first-order valence-corrected chi connectivity index (χ1v) is 9.03. The van der Waals surface area contributed by atoms with Crippen LogP contribution in [0, 0.1) is 0 Å². The third kappa shape index (κ3) is 4.67. The number of aromatic nitrogens is 2. The molecule has 1 unspecified atom stereocenters. The van der Waals surface area contributed by atoms with E-state index in [0.717, 1.165) is 50.9 Å². The molecule has 2 aliphatic rings. The quantitative estimate of drug-likeness (QED) is 0.847. The second-order valence-corrected chi connectivity index (χ2v) is 6.60. The highest BCUT2D eigenvalue weighted by atomic mass is 15.3. The van der Waals surface area contributed by atoms with Crippen molar-refractivity contribution in [2.24, 2.45) is 0 Å². The first kappa shape index (κ1) is 16.2. The van der Waals surface area contributed by atoms with Crippen molar-refractivity contribution >= 4 is 11.8 Å². The van der Waals surface area contributed by atoms with Gasteiger partial charge in [-0.3, -0.25) is 4.90 Å². The predicted octanol–water partition coefficient (Wildman–Crippen LogP) is 2.92. The lowest BCUT2D eigenvalue weighted by molar-refractivity contribution is 0.373. The van der Waals surface area contributed by atoms with Gasteiger partial charge in [0.05, 0.1) is 0 Å². The number of hydrogen-bond acceptors (Lipinski definition) is 5. The molecule has 0 spiro atoms. The summed E-state index contributed by atoms with van der Waals surface area (Å²) in [5, 5.41) is 3.53. The first-order chi connectivity index (χ1) is 11.3. The summed E-state index contributed by atoms with van der Waals surface area (Å²) in [6, 6.07) is 2.50. The zero-order valence-electron chi connectivity index (χ0n) is 14.2. The van der Waals surface area contributed by atoms with E-state index < -0.39 is 0 Å². The van der Waals surface area contributed by atoms with Crippen molar-refractivity contribution in [3.63, 3.8) is 0 Å². The summed E-state index contributed by atoms with van der Waals surface area (Å²) in [5.74, 6) is 1.86. The maximum absolute atomic E-state index is 4.76. The van der Waals surface area contributed by atoms with Gasteiger partial charge in [0, 0.05) is 45.0 Å². The molecule has 23 heavy (non-hydrogen) atoms. The Morgan fingerprint density at radius 1 is 1.22 bits per heavy atom. The standard InChI is InChI=1S/C18H29N5/c1-2-3-11-22-14-9-16(15-22)20-18-19-10-8-17(21-18)23-12-6-4-5-7-13-23/h2-3,8,10,16H,4-7,9,11-15H2,1H3,(H,19,20,21)/b3-2+. The Morgan fingerprint density at radius 2 is 2.04 bits per heavy atom. The normalized spacial score (nSPS) is 23.3. The van der Waals surface area contributed by atoms with E-state index in [4.69, 9.17) is 4.98 Å². The van der Waals surface area contributed by atoms with Gasteiger partial charge in [0.25, 0.3) is 0 Å². The van der Waals surface area contributed by atoms with Crippen LogP contribution in [0.3, 0.4) is 0 Å². The maximum Gasteiger partial charge on any atom is 0.224 e. The molecule has 2 saturated heterocycles. The zero-order chi connectivity index (χ0) is 15.9. The molecular weight excluding hydrogens is 286 g/mol. The van der Waals surface area contributed by atoms with E-state index in [2.05, 4.69) is 39.2 Å². The second-order valence-electron chi connectivity index (χ2n) is 6.60. The number of likely N-dealkylation sites (tertiary alicyclic amines) is 1. The van der Waals surface area contributed by atoms with Crippen LogP contribution in [-0.2, 0) is 0 Å². The van der Waals surface area contributed by atoms with Crippen molar-refractivity contribution in [1.29, 1.82) is 0 Å². The maximum atomic E-state index is 4.76. The molecule has 1 aromatic heterocycles. The Labute approximate surface area is 139 Å². The molecule has 0 aliphatic carbocycles. The highest BCUT2D eigenvalue weighted by Gasteiger charge is 2.22. The lowest BCUT2D eigenvalue weighted by Crippen LogP contribution is -2.28. The van der Waals surface area contributed by atoms with E-state index in [-0.39, 0.29) is 0 Å². The van der Waals surface area contributed by atoms with Gasteiger partial charge < -0.3 is 10.2 Å². The van der Waals surface area contributed by atoms with Crippen molar-refractivity contribution in [1.82, 2.24) is 14.9 Å². The molecular formula is C18H29N5. The van der Waals surface area contributed by atoms with E-state index in [1.54, 1.807) is 0 Å². The zero-order valence-corrected chi connectivity index (χ0v) is 14.2. The topological polar surface area (TPSA) is 44.3 Å². The van der Waals surface area contributed by atoms with Crippen LogP contribution in [0.1, 0.15) is 39.0 Å². The van der Waals surface area contributed by atoms with Gasteiger partial charge in [0.15, 0.2) is 0 Å². The van der Waals surface area contributed by atoms with E-state index >= 15 is 0 Å². The molecule has 1 atom stereocenters. The average molecular weight is 315 g/mol. The number of anilines is 2. The van der Waals surface area contributed by atoms with Gasteiger partial charge >= 0.3 is 0 Å². The van der Waals surface area contributed by atoms with Crippen LogP contribution < -0.4 is 10.2 Å². The molecule has 0 bridgehead atoms. The molecule has 2 aliphatic heterocycles. The lowest BCUT2D eigenvalue weighted by Gasteiger charge is -2.22. The number of nitrogens with one attached hydrogen (secondary N) is 1. The van der Waals surface area contributed by atoms with Crippen LogP contribution in [0.5, 0.6) is 0 Å². The second kappa shape index (κ2) is 8.29. The van der Waals surface area contributed by atoms with Crippen LogP contribution in [0.2, 0.25) is 0 Å². The van der Waals surface area contributed by atoms with Gasteiger partial charge in [-0.25, -0.2) is 4.98 Å². The molecule has 0 saturated carbocycles. The molecule has 2 fully saturated rings. The third-order valence-electron chi connectivity index (χ3n) is 4.78. The number of rotatable bonds is 5. The van der Waals surface area contributed by atoms with Crippen molar-refractivity contribution in [3.05, 3.63) is 24.4 Å². The summed E-state index contributed by atoms with van der Waals surface area (Å²) >= 11 is 0. The highest BCUT2D eigenvalue weighted by molar-refractivity contribution is 5.43. The van der Waals surface area contributed by atoms with Gasteiger partial charge in [-0.2, -0.15) is 4.98 Å². The Bertz CT molecular complexity index is 508. The summed E-state index contributed by atoms with van der Waals surface area (Å²) in [6.45, 7) is 7.58. The summed E-state index contributed by atoms with van der Waals surface area (Å²) in [6.07, 6.45) is 12.6. The Balaban J connectivity index is 1.57. The molecule has 5 heteroatoms. The summed E-state index contributed by atoms with van der Waals surface area (Å²) in [7, 11) is 0. The van der Waals surface area contributed by atoms with Gasteiger partial charge in [0.1, 0.15) is 5.82 Å². The molecule has 1 N–H and O–H groups in total. The predicted molar refractivity (Wildman–Crippen MR) is 96.0 cm³/mol. The smallest absolute Gasteiger partial charge is 0.224 e. The van der Waals surface area contributed by atoms with E-state index in [9.17, 15) is 0 Å². The van der Waals surface area contributed by atoms with Crippen molar-refractivity contribution in [2.75, 3.05) is 42.9 Å². The van der Waals surface area contributed by atoms with E-state index in [1.807, 2.05) is 12.3 Å². The summed E-state index contributed by atoms with van der Waals surface area (Å²) < 4.78 is 0. The molecule has 126 valence electrons. The first-order valence-electron chi connectivity index (χ1n) is 9.03. The van der Waals surface area contributed by atoms with Gasteiger partial charge in [0.2, 0.25) is 5.95 Å². The molecule has 3 heterocycles. The van der Waals surface area contributed by atoms with E-state index in [1.165, 1.54) is 25.7 Å². The molecule has 0 amide bonds. The van der Waals surface area contributed by atoms with Gasteiger partial charge in [-0.1, -0.05) is 25.0 Å². The van der Waals surface area contributed by atoms with Crippen LogP contribution in [0.25, 0.3) is 0 Å². The van der Waals surface area contributed by atoms with E-state index in [0.29, 0.717) is 6.04 Å². The van der Waals surface area contributed by atoms with Crippen molar-refractivity contribution < 1.29 is 0 Å². The molecule has 3 rings (SSSR count). The largest absolute Gasteiger partial charge is 0.356 e. The van der Waals surface area contributed by atoms with Crippen molar-refractivity contribution in [3.8, 4) is 0 Å². The number of nitrogens with zero attached hydrogens (tertiary/aromatic N) is 4. The Morgan fingerprint density at radius 3 is 2.83 bits per heavy atom. The summed E-state index contributed by atoms with van der Waals surface area (Å²) in [4.78, 5) is 14.1. The SMILES string of the molecule is C/C=C/CN1CCC(Nc2nccc(N3CCCCCC3)n2)C1. The van der Waals surface area contributed by atoms with Crippen LogP contribution in [0.4, 0.5) is 11.8 Å². The monoisotopic (exact) mass is 315 g/mol. The average Bonchev–Trinajstić information content (AvgIpc) is 2.84. The molecule has 0 radical (unpaired) electrons. The number of hydrogen-bond donors (Lipinski definition) is 1. The van der Waals surface area contributed by atoms with Crippen molar-refractivity contribution in [2.45, 2.75) is 45.1 Å².